The molecule has 0 aromatic heterocycles. The molecule has 134 valence electrons. The van der Waals surface area contributed by atoms with Crippen LogP contribution in [0.5, 0.6) is 5.75 Å². The van der Waals surface area contributed by atoms with Gasteiger partial charge in [0.15, 0.2) is 0 Å². The molecule has 2 rings (SSSR count). The van der Waals surface area contributed by atoms with E-state index in [1.807, 2.05) is 0 Å². The van der Waals surface area contributed by atoms with Crippen LogP contribution in [0.4, 0.5) is 18.9 Å². The maximum absolute atomic E-state index is 12.5. The topological polar surface area (TPSA) is 92.7 Å². The SMILES string of the molecule is COc1ccc(S(=O)(=O)O)cc1NC(=O)c1ccc(C(F)(F)F)cc1. The summed E-state index contributed by atoms with van der Waals surface area (Å²) in [5.41, 5.74) is -1.05. The molecule has 0 aliphatic heterocycles. The Morgan fingerprint density at radius 1 is 1.12 bits per heavy atom. The Hall–Kier alpha value is -2.59. The van der Waals surface area contributed by atoms with E-state index >= 15 is 0 Å². The van der Waals surface area contributed by atoms with Gasteiger partial charge in [0.25, 0.3) is 16.0 Å². The number of benzene rings is 2. The summed E-state index contributed by atoms with van der Waals surface area (Å²) in [7, 11) is -3.23. The van der Waals surface area contributed by atoms with E-state index < -0.39 is 32.7 Å². The van der Waals surface area contributed by atoms with Crippen LogP contribution >= 0.6 is 0 Å². The second-order valence-electron chi connectivity index (χ2n) is 4.87. The van der Waals surface area contributed by atoms with Gasteiger partial charge in [0.2, 0.25) is 0 Å². The quantitative estimate of drug-likeness (QED) is 0.801. The second kappa shape index (κ2) is 6.73. The van der Waals surface area contributed by atoms with Crippen molar-refractivity contribution in [2.75, 3.05) is 12.4 Å². The van der Waals surface area contributed by atoms with Crippen LogP contribution in [0.25, 0.3) is 0 Å². The highest BCUT2D eigenvalue weighted by molar-refractivity contribution is 7.85. The monoisotopic (exact) mass is 375 g/mol. The van der Waals surface area contributed by atoms with E-state index in [1.54, 1.807) is 0 Å². The number of methoxy groups -OCH3 is 1. The van der Waals surface area contributed by atoms with E-state index in [0.29, 0.717) is 0 Å². The molecule has 10 heteroatoms. The highest BCUT2D eigenvalue weighted by atomic mass is 32.2. The number of carbonyl (C=O) groups is 1. The Morgan fingerprint density at radius 2 is 1.72 bits per heavy atom. The number of hydrogen-bond acceptors (Lipinski definition) is 4. The van der Waals surface area contributed by atoms with E-state index in [0.717, 1.165) is 36.4 Å². The van der Waals surface area contributed by atoms with Gasteiger partial charge in [-0.2, -0.15) is 21.6 Å². The van der Waals surface area contributed by atoms with Gasteiger partial charge in [0, 0.05) is 5.56 Å². The third kappa shape index (κ3) is 4.48. The summed E-state index contributed by atoms with van der Waals surface area (Å²) >= 11 is 0. The highest BCUT2D eigenvalue weighted by Gasteiger charge is 2.30. The van der Waals surface area contributed by atoms with Gasteiger partial charge < -0.3 is 10.1 Å². The number of rotatable bonds is 4. The van der Waals surface area contributed by atoms with Gasteiger partial charge in [-0.3, -0.25) is 9.35 Å². The maximum Gasteiger partial charge on any atom is 0.416 e. The van der Waals surface area contributed by atoms with Crippen LogP contribution in [0.15, 0.2) is 47.4 Å². The summed E-state index contributed by atoms with van der Waals surface area (Å²) in [6.07, 6.45) is -4.53. The molecule has 0 saturated carbocycles. The summed E-state index contributed by atoms with van der Waals surface area (Å²) < 4.78 is 73.9. The fourth-order valence-corrected chi connectivity index (χ4v) is 2.46. The van der Waals surface area contributed by atoms with Crippen molar-refractivity contribution in [3.8, 4) is 5.75 Å². The van der Waals surface area contributed by atoms with Crippen molar-refractivity contribution in [3.63, 3.8) is 0 Å². The molecule has 0 unspecified atom stereocenters. The zero-order valence-corrected chi connectivity index (χ0v) is 13.5. The normalized spacial score (nSPS) is 11.9. The first-order valence-corrected chi connectivity index (χ1v) is 8.10. The second-order valence-corrected chi connectivity index (χ2v) is 6.29. The summed E-state index contributed by atoms with van der Waals surface area (Å²) in [5.74, 6) is -0.674. The van der Waals surface area contributed by atoms with Crippen molar-refractivity contribution in [1.82, 2.24) is 0 Å². The molecule has 0 atom stereocenters. The molecule has 0 bridgehead atoms. The van der Waals surface area contributed by atoms with E-state index in [9.17, 15) is 26.4 Å². The van der Waals surface area contributed by atoms with Crippen LogP contribution in [0.1, 0.15) is 15.9 Å². The van der Waals surface area contributed by atoms with Gasteiger partial charge in [-0.1, -0.05) is 0 Å². The van der Waals surface area contributed by atoms with Crippen LogP contribution in [-0.4, -0.2) is 26.0 Å². The van der Waals surface area contributed by atoms with E-state index in [-0.39, 0.29) is 17.0 Å². The largest absolute Gasteiger partial charge is 0.495 e. The third-order valence-electron chi connectivity index (χ3n) is 3.19. The summed E-state index contributed by atoms with van der Waals surface area (Å²) in [5, 5.41) is 2.33. The Kier molecular flexibility index (Phi) is 5.04. The number of carbonyl (C=O) groups excluding carboxylic acids is 1. The lowest BCUT2D eigenvalue weighted by Crippen LogP contribution is -2.14. The van der Waals surface area contributed by atoms with Gasteiger partial charge in [0.1, 0.15) is 5.75 Å². The molecular formula is C15H12F3NO5S. The van der Waals surface area contributed by atoms with Crippen molar-refractivity contribution in [1.29, 1.82) is 0 Å². The molecule has 25 heavy (non-hydrogen) atoms. The van der Waals surface area contributed by atoms with Crippen molar-refractivity contribution in [2.24, 2.45) is 0 Å². The molecule has 2 aromatic carbocycles. The van der Waals surface area contributed by atoms with E-state index in [4.69, 9.17) is 9.29 Å². The van der Waals surface area contributed by atoms with Crippen LogP contribution in [0.3, 0.4) is 0 Å². The summed E-state index contributed by atoms with van der Waals surface area (Å²) in [4.78, 5) is 11.7. The molecule has 0 aliphatic carbocycles. The molecule has 0 spiro atoms. The lowest BCUT2D eigenvalue weighted by molar-refractivity contribution is -0.137. The van der Waals surface area contributed by atoms with Gasteiger partial charge in [0.05, 0.1) is 23.3 Å². The standard InChI is InChI=1S/C15H12F3NO5S/c1-24-13-7-6-11(25(21,22)23)8-12(13)19-14(20)9-2-4-10(5-3-9)15(16,17)18/h2-8H,1H3,(H,19,20)(H,21,22,23). The molecule has 0 fully saturated rings. The van der Waals surface area contributed by atoms with Crippen LogP contribution in [0, 0.1) is 0 Å². The van der Waals surface area contributed by atoms with Crippen LogP contribution in [0.2, 0.25) is 0 Å². The molecular weight excluding hydrogens is 363 g/mol. The average molecular weight is 375 g/mol. The number of amides is 1. The van der Waals surface area contributed by atoms with E-state index in [1.165, 1.54) is 13.2 Å². The Balaban J connectivity index is 2.31. The zero-order chi connectivity index (χ0) is 18.8. The molecule has 0 aliphatic rings. The number of anilines is 1. The van der Waals surface area contributed by atoms with Crippen LogP contribution in [-0.2, 0) is 16.3 Å². The average Bonchev–Trinajstić information content (AvgIpc) is 2.53. The minimum atomic E-state index is -4.53. The molecule has 0 heterocycles. The van der Waals surface area contributed by atoms with Crippen molar-refractivity contribution >= 4 is 21.7 Å². The predicted molar refractivity (Wildman–Crippen MR) is 82.2 cm³/mol. The number of hydrogen-bond donors (Lipinski definition) is 2. The Labute approximate surface area is 141 Å². The first-order valence-electron chi connectivity index (χ1n) is 6.66. The number of nitrogens with one attached hydrogen (secondary N) is 1. The lowest BCUT2D eigenvalue weighted by Gasteiger charge is -2.12. The minimum Gasteiger partial charge on any atom is -0.495 e. The number of alkyl halides is 3. The van der Waals surface area contributed by atoms with Gasteiger partial charge in [-0.25, -0.2) is 0 Å². The minimum absolute atomic E-state index is 0.0671. The fraction of sp³-hybridized carbons (Fsp3) is 0.133. The zero-order valence-electron chi connectivity index (χ0n) is 12.7. The molecule has 2 aromatic rings. The highest BCUT2D eigenvalue weighted by Crippen LogP contribution is 2.30. The third-order valence-corrected chi connectivity index (χ3v) is 4.04. The first-order chi connectivity index (χ1) is 11.5. The smallest absolute Gasteiger partial charge is 0.416 e. The number of halogens is 3. The summed E-state index contributed by atoms with van der Waals surface area (Å²) in [6.45, 7) is 0. The van der Waals surface area contributed by atoms with Gasteiger partial charge in [-0.05, 0) is 42.5 Å². The first kappa shape index (κ1) is 18.7. The van der Waals surface area contributed by atoms with Crippen molar-refractivity contribution in [2.45, 2.75) is 11.1 Å². The van der Waals surface area contributed by atoms with E-state index in [2.05, 4.69) is 5.32 Å². The number of ether oxygens (including phenoxy) is 1. The van der Waals surface area contributed by atoms with Crippen molar-refractivity contribution < 1.29 is 35.7 Å². The van der Waals surface area contributed by atoms with Gasteiger partial charge >= 0.3 is 6.18 Å². The predicted octanol–water partition coefficient (Wildman–Crippen LogP) is 3.21. The molecule has 0 radical (unpaired) electrons. The lowest BCUT2D eigenvalue weighted by atomic mass is 10.1. The van der Waals surface area contributed by atoms with Gasteiger partial charge in [-0.15, -0.1) is 0 Å². The Bertz CT molecular complexity index is 892. The molecule has 0 saturated heterocycles. The fourth-order valence-electron chi connectivity index (χ4n) is 1.95. The Morgan fingerprint density at radius 3 is 2.20 bits per heavy atom. The van der Waals surface area contributed by atoms with Crippen LogP contribution < -0.4 is 10.1 Å². The molecule has 2 N–H and O–H groups in total. The molecule has 6 nitrogen and oxygen atoms in total. The summed E-state index contributed by atoms with van der Waals surface area (Å²) in [6, 6.07) is 6.72. The van der Waals surface area contributed by atoms with Crippen molar-refractivity contribution in [3.05, 3.63) is 53.6 Å². The molecule has 1 amide bonds. The maximum atomic E-state index is 12.5.